The molecule has 0 radical (unpaired) electrons. The smallest absolute Gasteiger partial charge is 0.310 e. The molecule has 0 saturated carbocycles. The van der Waals surface area contributed by atoms with Gasteiger partial charge in [0.2, 0.25) is 0 Å². The Bertz CT molecular complexity index is 838. The van der Waals surface area contributed by atoms with E-state index in [1.807, 2.05) is 13.8 Å². The Morgan fingerprint density at radius 1 is 1.33 bits per heavy atom. The van der Waals surface area contributed by atoms with E-state index in [0.717, 1.165) is 23.3 Å². The maximum Gasteiger partial charge on any atom is 0.310 e. The zero-order valence-electron chi connectivity index (χ0n) is 13.7. The number of nitrogens with zero attached hydrogens (tertiary/aromatic N) is 2. The molecule has 0 saturated heterocycles. The second-order valence-corrected chi connectivity index (χ2v) is 7.50. The first-order valence-corrected chi connectivity index (χ1v) is 9.24. The van der Waals surface area contributed by atoms with Crippen LogP contribution in [0.25, 0.3) is 0 Å². The van der Waals surface area contributed by atoms with Crippen LogP contribution in [0, 0.1) is 24.0 Å². The van der Waals surface area contributed by atoms with Gasteiger partial charge in [-0.15, -0.1) is 0 Å². The van der Waals surface area contributed by atoms with E-state index in [1.54, 1.807) is 0 Å². The van der Waals surface area contributed by atoms with Crippen LogP contribution in [-0.4, -0.2) is 31.3 Å². The monoisotopic (exact) mass is 353 g/mol. The molecule has 9 heteroatoms. The Kier molecular flexibility index (Phi) is 5.23. The number of nitrogens with one attached hydrogen (secondary N) is 1. The summed E-state index contributed by atoms with van der Waals surface area (Å²) >= 11 is 0. The normalized spacial score (nSPS) is 11.5. The highest BCUT2D eigenvalue weighted by Crippen LogP contribution is 2.31. The van der Waals surface area contributed by atoms with E-state index >= 15 is 0 Å². The molecule has 0 atom stereocenters. The van der Waals surface area contributed by atoms with E-state index in [1.165, 1.54) is 18.2 Å². The fourth-order valence-corrected chi connectivity index (χ4v) is 3.36. The number of nitro groups is 1. The molecule has 0 unspecified atom stereocenters. The van der Waals surface area contributed by atoms with E-state index in [4.69, 9.17) is 4.52 Å². The van der Waals surface area contributed by atoms with Gasteiger partial charge in [-0.1, -0.05) is 11.2 Å². The summed E-state index contributed by atoms with van der Waals surface area (Å²) in [5, 5.41) is 18.1. The molecule has 0 fully saturated rings. The van der Waals surface area contributed by atoms with Gasteiger partial charge in [0, 0.05) is 18.4 Å². The second-order valence-electron chi connectivity index (χ2n) is 5.51. The van der Waals surface area contributed by atoms with Crippen molar-refractivity contribution in [1.29, 1.82) is 0 Å². The van der Waals surface area contributed by atoms with Crippen molar-refractivity contribution in [2.45, 2.75) is 31.6 Å². The van der Waals surface area contributed by atoms with Gasteiger partial charge in [0.1, 0.15) is 16.3 Å². The number of aromatic nitrogens is 1. The third-order valence-corrected chi connectivity index (χ3v) is 4.81. The molecule has 1 aromatic carbocycles. The van der Waals surface area contributed by atoms with Crippen LogP contribution in [-0.2, 0) is 16.3 Å². The molecule has 0 bridgehead atoms. The van der Waals surface area contributed by atoms with Crippen molar-refractivity contribution in [3.05, 3.63) is 45.3 Å². The molecule has 0 spiro atoms. The van der Waals surface area contributed by atoms with Gasteiger partial charge < -0.3 is 9.84 Å². The van der Waals surface area contributed by atoms with Crippen molar-refractivity contribution in [1.82, 2.24) is 5.16 Å². The highest BCUT2D eigenvalue weighted by molar-refractivity contribution is 7.90. The molecule has 0 aliphatic carbocycles. The molecule has 0 aliphatic rings. The van der Waals surface area contributed by atoms with Crippen molar-refractivity contribution in [2.75, 3.05) is 18.1 Å². The average molecular weight is 353 g/mol. The Morgan fingerprint density at radius 3 is 2.58 bits per heavy atom. The van der Waals surface area contributed by atoms with Crippen LogP contribution in [0.1, 0.15) is 23.4 Å². The van der Waals surface area contributed by atoms with E-state index < -0.39 is 20.4 Å². The summed E-state index contributed by atoms with van der Waals surface area (Å²) in [5.74, 6) is 0.762. The Hall–Kier alpha value is -2.42. The summed E-state index contributed by atoms with van der Waals surface area (Å²) in [5.41, 5.74) is 1.63. The van der Waals surface area contributed by atoms with Gasteiger partial charge in [-0.2, -0.15) is 0 Å². The number of rotatable bonds is 7. The Balaban J connectivity index is 2.12. The summed E-state index contributed by atoms with van der Waals surface area (Å²) in [7, 11) is -3.68. The van der Waals surface area contributed by atoms with Gasteiger partial charge in [0.15, 0.2) is 9.84 Å². The molecule has 1 N–H and O–H groups in total. The zero-order chi connectivity index (χ0) is 17.9. The van der Waals surface area contributed by atoms with Crippen LogP contribution in [0.2, 0.25) is 0 Å². The zero-order valence-corrected chi connectivity index (χ0v) is 14.5. The number of para-hydroxylation sites is 1. The number of nitro benzene ring substituents is 1. The highest BCUT2D eigenvalue weighted by atomic mass is 32.2. The summed E-state index contributed by atoms with van der Waals surface area (Å²) in [6.45, 7) is 4.15. The molecule has 8 nitrogen and oxygen atoms in total. The lowest BCUT2D eigenvalue weighted by Gasteiger charge is -2.09. The molecule has 1 aromatic heterocycles. The summed E-state index contributed by atoms with van der Waals surface area (Å²) in [6, 6.07) is 4.23. The Labute approximate surface area is 139 Å². The molecule has 130 valence electrons. The minimum absolute atomic E-state index is 0.196. The molecule has 0 aliphatic heterocycles. The lowest BCUT2D eigenvalue weighted by atomic mass is 10.1. The van der Waals surface area contributed by atoms with E-state index in [-0.39, 0.29) is 10.6 Å². The highest BCUT2D eigenvalue weighted by Gasteiger charge is 2.25. The summed E-state index contributed by atoms with van der Waals surface area (Å²) in [6.07, 6.45) is 2.37. The SMILES string of the molecule is Cc1noc(C)c1CCCNc1cccc(S(C)(=O)=O)c1[N+](=O)[O-]. The van der Waals surface area contributed by atoms with Crippen LogP contribution in [0.3, 0.4) is 0 Å². The lowest BCUT2D eigenvalue weighted by Crippen LogP contribution is -2.09. The minimum atomic E-state index is -3.68. The summed E-state index contributed by atoms with van der Waals surface area (Å²) in [4.78, 5) is 10.3. The Morgan fingerprint density at radius 2 is 2.04 bits per heavy atom. The molecular formula is C15H19N3O5S. The second kappa shape index (κ2) is 7.00. The first-order valence-electron chi connectivity index (χ1n) is 7.35. The third kappa shape index (κ3) is 3.91. The standard InChI is InChI=1S/C15H19N3O5S/c1-10-12(11(2)23-17-10)6-5-9-16-13-7-4-8-14(24(3,21)22)15(13)18(19)20/h4,7-8,16H,5-6,9H2,1-3H3. The molecular weight excluding hydrogens is 334 g/mol. The number of hydrogen-bond donors (Lipinski definition) is 1. The largest absolute Gasteiger partial charge is 0.379 e. The first-order chi connectivity index (χ1) is 11.2. The van der Waals surface area contributed by atoms with E-state index in [9.17, 15) is 18.5 Å². The van der Waals surface area contributed by atoms with Gasteiger partial charge in [0.05, 0.1) is 10.6 Å². The topological polar surface area (TPSA) is 115 Å². The number of benzene rings is 1. The minimum Gasteiger partial charge on any atom is -0.379 e. The number of aryl methyl sites for hydroxylation is 2. The van der Waals surface area contributed by atoms with E-state index in [0.29, 0.717) is 19.4 Å². The van der Waals surface area contributed by atoms with Gasteiger partial charge in [-0.05, 0) is 38.8 Å². The van der Waals surface area contributed by atoms with Crippen molar-refractivity contribution < 1.29 is 17.9 Å². The predicted octanol–water partition coefficient (Wildman–Crippen LogP) is 2.65. The van der Waals surface area contributed by atoms with Crippen LogP contribution in [0.5, 0.6) is 0 Å². The van der Waals surface area contributed by atoms with Crippen LogP contribution < -0.4 is 5.32 Å². The van der Waals surface area contributed by atoms with Crippen molar-refractivity contribution in [3.8, 4) is 0 Å². The molecule has 24 heavy (non-hydrogen) atoms. The molecule has 2 aromatic rings. The number of anilines is 1. The van der Waals surface area contributed by atoms with Crippen molar-refractivity contribution in [3.63, 3.8) is 0 Å². The first kappa shape index (κ1) is 17.9. The number of hydrogen-bond acceptors (Lipinski definition) is 7. The van der Waals surface area contributed by atoms with Crippen molar-refractivity contribution >= 4 is 21.2 Å². The van der Waals surface area contributed by atoms with Crippen LogP contribution in [0.15, 0.2) is 27.6 Å². The van der Waals surface area contributed by atoms with Gasteiger partial charge >= 0.3 is 5.69 Å². The van der Waals surface area contributed by atoms with Crippen molar-refractivity contribution in [2.24, 2.45) is 0 Å². The van der Waals surface area contributed by atoms with E-state index in [2.05, 4.69) is 10.5 Å². The maximum absolute atomic E-state index is 11.7. The average Bonchev–Trinajstić information content (AvgIpc) is 2.81. The maximum atomic E-state index is 11.7. The van der Waals surface area contributed by atoms with Gasteiger partial charge in [-0.25, -0.2) is 8.42 Å². The lowest BCUT2D eigenvalue weighted by molar-refractivity contribution is -0.386. The molecule has 2 rings (SSSR count). The third-order valence-electron chi connectivity index (χ3n) is 3.68. The predicted molar refractivity (Wildman–Crippen MR) is 89.0 cm³/mol. The van der Waals surface area contributed by atoms with Gasteiger partial charge in [0.25, 0.3) is 0 Å². The van der Waals surface area contributed by atoms with Crippen LogP contribution in [0.4, 0.5) is 11.4 Å². The molecule has 0 amide bonds. The quantitative estimate of drug-likeness (QED) is 0.462. The fraction of sp³-hybridized carbons (Fsp3) is 0.400. The van der Waals surface area contributed by atoms with Gasteiger partial charge in [-0.3, -0.25) is 10.1 Å². The molecule has 1 heterocycles. The fourth-order valence-electron chi connectivity index (χ4n) is 2.50. The van der Waals surface area contributed by atoms with Crippen LogP contribution >= 0.6 is 0 Å². The summed E-state index contributed by atoms with van der Waals surface area (Å²) < 4.78 is 28.5. The number of sulfone groups is 1.